The number of alkyl halides is 3. The first-order valence-corrected chi connectivity index (χ1v) is 12.1. The topological polar surface area (TPSA) is 123 Å². The van der Waals surface area contributed by atoms with E-state index in [0.717, 1.165) is 23.4 Å². The number of hydrogen-bond acceptors (Lipinski definition) is 9. The molecule has 1 saturated carbocycles. The van der Waals surface area contributed by atoms with Crippen LogP contribution in [0.5, 0.6) is 0 Å². The third-order valence-electron chi connectivity index (χ3n) is 6.26. The summed E-state index contributed by atoms with van der Waals surface area (Å²) in [5.41, 5.74) is 1.90. The van der Waals surface area contributed by atoms with Crippen molar-refractivity contribution in [2.24, 2.45) is 5.92 Å². The second kappa shape index (κ2) is 9.76. The summed E-state index contributed by atoms with van der Waals surface area (Å²) in [5, 5.41) is 37.2. The molecule has 2 aliphatic carbocycles. The summed E-state index contributed by atoms with van der Waals surface area (Å²) >= 11 is 1.44. The Labute approximate surface area is 199 Å². The third-order valence-corrected chi connectivity index (χ3v) is 7.34. The molecule has 0 radical (unpaired) electrons. The van der Waals surface area contributed by atoms with Crippen molar-refractivity contribution in [3.8, 4) is 10.6 Å². The van der Waals surface area contributed by atoms with Gasteiger partial charge < -0.3 is 26.0 Å². The lowest BCUT2D eigenvalue weighted by Crippen LogP contribution is -2.37. The van der Waals surface area contributed by atoms with E-state index in [0.29, 0.717) is 22.7 Å². The first-order valence-electron chi connectivity index (χ1n) is 11.2. The van der Waals surface area contributed by atoms with Crippen LogP contribution in [0.15, 0.2) is 6.08 Å². The molecule has 5 N–H and O–H groups in total. The van der Waals surface area contributed by atoms with Gasteiger partial charge in [-0.25, -0.2) is 9.97 Å². The molecule has 2 heterocycles. The van der Waals surface area contributed by atoms with E-state index in [9.17, 15) is 28.5 Å². The van der Waals surface area contributed by atoms with Gasteiger partial charge in [-0.2, -0.15) is 18.2 Å². The molecule has 2 aromatic heterocycles. The van der Waals surface area contributed by atoms with Crippen molar-refractivity contribution in [3.05, 3.63) is 22.3 Å². The van der Waals surface area contributed by atoms with E-state index in [1.54, 1.807) is 13.8 Å². The standard InChI is InChI=1S/C22H28F3N5O3S/c1-3-14(31)11-8-13(18(33)17(11)32)28-19-16(20-29-12-6-4-5-7-15(12)34-20)10(2)27-21(30-19)26-9-22(23,24)25/h5,7,11,13-14,17-18,31-33H,3-4,6,8-9H2,1-2H3,(H2,26,27,28,30)/t11-,13-,14?,17-,18+/m1/s1. The molecule has 0 amide bonds. The maximum Gasteiger partial charge on any atom is 0.405 e. The van der Waals surface area contributed by atoms with E-state index in [4.69, 9.17) is 4.98 Å². The van der Waals surface area contributed by atoms with E-state index >= 15 is 0 Å². The number of fused-ring (bicyclic) bond motifs is 1. The van der Waals surface area contributed by atoms with Crippen LogP contribution in [-0.2, 0) is 6.42 Å². The fourth-order valence-electron chi connectivity index (χ4n) is 4.45. The highest BCUT2D eigenvalue weighted by molar-refractivity contribution is 7.16. The Kier molecular flexibility index (Phi) is 7.13. The summed E-state index contributed by atoms with van der Waals surface area (Å²) in [5.74, 6) is -0.528. The Balaban J connectivity index is 1.70. The Hall–Kier alpha value is -2.28. The van der Waals surface area contributed by atoms with Crippen LogP contribution in [0, 0.1) is 12.8 Å². The molecule has 0 spiro atoms. The molecular formula is C22H28F3N5O3S. The van der Waals surface area contributed by atoms with Gasteiger partial charge in [-0.1, -0.05) is 13.0 Å². The van der Waals surface area contributed by atoms with Crippen LogP contribution in [0.1, 0.15) is 42.5 Å². The molecule has 5 atom stereocenters. The highest BCUT2D eigenvalue weighted by Gasteiger charge is 2.44. The van der Waals surface area contributed by atoms with Gasteiger partial charge in [0, 0.05) is 5.92 Å². The maximum atomic E-state index is 12.8. The van der Waals surface area contributed by atoms with Gasteiger partial charge in [0.2, 0.25) is 5.95 Å². The monoisotopic (exact) mass is 499 g/mol. The van der Waals surface area contributed by atoms with E-state index in [1.807, 2.05) is 6.08 Å². The van der Waals surface area contributed by atoms with Crippen molar-refractivity contribution in [3.63, 3.8) is 0 Å². The average Bonchev–Trinajstić information content (AvgIpc) is 3.33. The molecule has 2 aliphatic rings. The third kappa shape index (κ3) is 5.19. The molecule has 12 heteroatoms. The molecule has 0 bridgehead atoms. The van der Waals surface area contributed by atoms with Gasteiger partial charge in [0.15, 0.2) is 0 Å². The molecule has 1 unspecified atom stereocenters. The molecule has 0 aliphatic heterocycles. The quantitative estimate of drug-likeness (QED) is 0.394. The number of aliphatic hydroxyl groups excluding tert-OH is 3. The second-order valence-corrected chi connectivity index (χ2v) is 9.73. The van der Waals surface area contributed by atoms with Crippen LogP contribution in [0.2, 0.25) is 0 Å². The summed E-state index contributed by atoms with van der Waals surface area (Å²) in [7, 11) is 0. The largest absolute Gasteiger partial charge is 0.405 e. The minimum Gasteiger partial charge on any atom is -0.393 e. The van der Waals surface area contributed by atoms with Crippen LogP contribution < -0.4 is 10.6 Å². The summed E-state index contributed by atoms with van der Waals surface area (Å²) < 4.78 is 38.3. The second-order valence-electron chi connectivity index (χ2n) is 8.70. The van der Waals surface area contributed by atoms with Gasteiger partial charge >= 0.3 is 6.18 Å². The number of nitrogens with zero attached hydrogens (tertiary/aromatic N) is 3. The number of rotatable bonds is 7. The molecule has 0 saturated heterocycles. The minimum atomic E-state index is -4.44. The molecule has 34 heavy (non-hydrogen) atoms. The van der Waals surface area contributed by atoms with Crippen molar-refractivity contribution >= 4 is 29.2 Å². The van der Waals surface area contributed by atoms with Crippen molar-refractivity contribution in [1.29, 1.82) is 0 Å². The fraction of sp³-hybridized carbons (Fsp3) is 0.591. The summed E-state index contributed by atoms with van der Waals surface area (Å²) in [6.45, 7) is 2.16. The number of aryl methyl sites for hydroxylation is 2. The van der Waals surface area contributed by atoms with Crippen molar-refractivity contribution < 1.29 is 28.5 Å². The molecule has 2 aromatic rings. The Morgan fingerprint density at radius 1 is 1.21 bits per heavy atom. The smallest absolute Gasteiger partial charge is 0.393 e. The molecule has 8 nitrogen and oxygen atoms in total. The lowest BCUT2D eigenvalue weighted by atomic mass is 9.96. The maximum absolute atomic E-state index is 12.8. The fourth-order valence-corrected chi connectivity index (χ4v) is 5.59. The van der Waals surface area contributed by atoms with E-state index in [1.165, 1.54) is 11.3 Å². The van der Waals surface area contributed by atoms with Crippen LogP contribution >= 0.6 is 11.3 Å². The molecule has 4 rings (SSSR count). The van der Waals surface area contributed by atoms with E-state index in [-0.39, 0.29) is 18.2 Å². The lowest BCUT2D eigenvalue weighted by Gasteiger charge is -2.21. The molecular weight excluding hydrogens is 471 g/mol. The van der Waals surface area contributed by atoms with Crippen LogP contribution in [0.4, 0.5) is 24.9 Å². The van der Waals surface area contributed by atoms with Crippen LogP contribution in [-0.4, -0.2) is 67.3 Å². The van der Waals surface area contributed by atoms with Crippen LogP contribution in [0.3, 0.4) is 0 Å². The zero-order valence-corrected chi connectivity index (χ0v) is 19.6. The first kappa shape index (κ1) is 24.8. The van der Waals surface area contributed by atoms with Gasteiger partial charge in [0.25, 0.3) is 0 Å². The summed E-state index contributed by atoms with van der Waals surface area (Å²) in [4.78, 5) is 14.2. The Bertz CT molecular complexity index is 1060. The Morgan fingerprint density at radius 2 is 1.97 bits per heavy atom. The molecule has 1 fully saturated rings. The predicted octanol–water partition coefficient (Wildman–Crippen LogP) is 3.14. The van der Waals surface area contributed by atoms with E-state index < -0.39 is 43.0 Å². The van der Waals surface area contributed by atoms with Crippen molar-refractivity contribution in [2.45, 2.75) is 70.1 Å². The summed E-state index contributed by atoms with van der Waals surface area (Å²) in [6, 6.07) is -0.667. The van der Waals surface area contributed by atoms with Gasteiger partial charge in [0.1, 0.15) is 23.5 Å². The predicted molar refractivity (Wildman–Crippen MR) is 124 cm³/mol. The number of nitrogens with one attached hydrogen (secondary N) is 2. The van der Waals surface area contributed by atoms with Crippen molar-refractivity contribution in [1.82, 2.24) is 15.0 Å². The van der Waals surface area contributed by atoms with Gasteiger partial charge in [-0.15, -0.1) is 11.3 Å². The minimum absolute atomic E-state index is 0.208. The highest BCUT2D eigenvalue weighted by atomic mass is 32.1. The first-order chi connectivity index (χ1) is 16.1. The van der Waals surface area contributed by atoms with Gasteiger partial charge in [0.05, 0.1) is 40.1 Å². The molecule has 186 valence electrons. The number of hydrogen-bond donors (Lipinski definition) is 5. The lowest BCUT2D eigenvalue weighted by molar-refractivity contribution is -0.115. The zero-order valence-electron chi connectivity index (χ0n) is 18.8. The Morgan fingerprint density at radius 3 is 2.65 bits per heavy atom. The van der Waals surface area contributed by atoms with Gasteiger partial charge in [-0.05, 0) is 38.7 Å². The number of halogens is 3. The summed E-state index contributed by atoms with van der Waals surface area (Å²) in [6.07, 6.45) is -1.14. The van der Waals surface area contributed by atoms with E-state index in [2.05, 4.69) is 26.7 Å². The average molecular weight is 500 g/mol. The van der Waals surface area contributed by atoms with Crippen molar-refractivity contribution in [2.75, 3.05) is 17.2 Å². The number of aromatic nitrogens is 3. The van der Waals surface area contributed by atoms with Gasteiger partial charge in [-0.3, -0.25) is 0 Å². The number of allylic oxidation sites excluding steroid dienone is 1. The normalized spacial score (nSPS) is 25.3. The zero-order chi connectivity index (χ0) is 24.6. The van der Waals surface area contributed by atoms with Crippen LogP contribution in [0.25, 0.3) is 16.6 Å². The number of aliphatic hydroxyl groups is 3. The molecule has 0 aromatic carbocycles. The SMILES string of the molecule is CCC(O)[C@H]1C[C@@H](Nc2nc(NCC(F)(F)F)nc(C)c2-c2nc3c(s2)C=CCC3)[C@H](O)[C@@H]1O. The number of thiazole rings is 1. The highest BCUT2D eigenvalue weighted by Crippen LogP contribution is 2.39. The number of anilines is 2.